The minimum Gasteiger partial charge on any atom is -0.493 e. The maximum absolute atomic E-state index is 13.2. The first-order valence-electron chi connectivity index (χ1n) is 11.0. The van der Waals surface area contributed by atoms with Gasteiger partial charge in [-0.25, -0.2) is 4.79 Å². The van der Waals surface area contributed by atoms with Gasteiger partial charge in [-0.3, -0.25) is 10.1 Å². The Balaban J connectivity index is 1.49. The predicted octanol–water partition coefficient (Wildman–Crippen LogP) is 5.04. The lowest BCUT2D eigenvalue weighted by molar-refractivity contribution is -0.141. The molecule has 3 aromatic rings. The third-order valence-electron chi connectivity index (χ3n) is 6.04. The van der Waals surface area contributed by atoms with Crippen molar-refractivity contribution in [1.82, 2.24) is 15.4 Å². The summed E-state index contributed by atoms with van der Waals surface area (Å²) >= 11 is 0. The van der Waals surface area contributed by atoms with E-state index >= 15 is 0 Å². The zero-order valence-electron chi connectivity index (χ0n) is 18.7. The molecule has 1 aromatic heterocycles. The van der Waals surface area contributed by atoms with Crippen LogP contribution in [0.25, 0.3) is 11.0 Å². The number of alkyl halides is 3. The number of urea groups is 1. The Morgan fingerprint density at radius 3 is 2.56 bits per heavy atom. The van der Waals surface area contributed by atoms with Crippen molar-refractivity contribution in [2.45, 2.75) is 44.8 Å². The standard InChI is InChI=1S/C24H24F3N3O4/c1-3-8-16-18(12-11-17-19(16)34-29-20(17)24(25,26)27)33-14-7-13-30-22(32)28-21(31)23(30,2)15-9-5-4-6-10-15/h4-6,9-12H,3,7-8,13-14H2,1-2H3,(H,28,31,32). The second-order valence-electron chi connectivity index (χ2n) is 8.25. The molecule has 0 aliphatic carbocycles. The van der Waals surface area contributed by atoms with Gasteiger partial charge in [0.15, 0.2) is 11.3 Å². The molecule has 10 heteroatoms. The van der Waals surface area contributed by atoms with Gasteiger partial charge >= 0.3 is 12.2 Å². The molecule has 0 saturated carbocycles. The van der Waals surface area contributed by atoms with Gasteiger partial charge in [0.25, 0.3) is 5.91 Å². The molecule has 1 fully saturated rings. The van der Waals surface area contributed by atoms with Gasteiger partial charge in [0.1, 0.15) is 11.3 Å². The van der Waals surface area contributed by atoms with Crippen LogP contribution in [0.4, 0.5) is 18.0 Å². The zero-order valence-corrected chi connectivity index (χ0v) is 18.7. The molecule has 4 rings (SSSR count). The van der Waals surface area contributed by atoms with Gasteiger partial charge in [0.05, 0.1) is 12.0 Å². The molecule has 2 heterocycles. The normalized spacial score (nSPS) is 18.6. The summed E-state index contributed by atoms with van der Waals surface area (Å²) in [6.07, 6.45) is -3.09. The average molecular weight is 475 g/mol. The van der Waals surface area contributed by atoms with Crippen LogP contribution in [0.1, 0.15) is 43.5 Å². The number of fused-ring (bicyclic) bond motifs is 1. The topological polar surface area (TPSA) is 84.7 Å². The summed E-state index contributed by atoms with van der Waals surface area (Å²) < 4.78 is 50.5. The van der Waals surface area contributed by atoms with Crippen LogP contribution in [0, 0.1) is 0 Å². The zero-order chi connectivity index (χ0) is 24.5. The maximum atomic E-state index is 13.2. The Hall–Kier alpha value is -3.56. The summed E-state index contributed by atoms with van der Waals surface area (Å²) in [4.78, 5) is 26.5. The monoisotopic (exact) mass is 475 g/mol. The fourth-order valence-corrected chi connectivity index (χ4v) is 4.26. The molecule has 1 atom stereocenters. The van der Waals surface area contributed by atoms with Crippen molar-refractivity contribution in [2.75, 3.05) is 13.2 Å². The van der Waals surface area contributed by atoms with E-state index in [-0.39, 0.29) is 24.1 Å². The molecule has 1 aliphatic heterocycles. The molecule has 0 radical (unpaired) electrons. The Morgan fingerprint density at radius 1 is 1.15 bits per heavy atom. The van der Waals surface area contributed by atoms with Gasteiger partial charge in [0, 0.05) is 12.1 Å². The Bertz CT molecular complexity index is 1210. The van der Waals surface area contributed by atoms with Crippen LogP contribution in [-0.4, -0.2) is 35.1 Å². The molecular weight excluding hydrogens is 451 g/mol. The van der Waals surface area contributed by atoms with Crippen LogP contribution in [0.2, 0.25) is 0 Å². The van der Waals surface area contributed by atoms with Crippen molar-refractivity contribution in [3.63, 3.8) is 0 Å². The van der Waals surface area contributed by atoms with E-state index < -0.39 is 29.3 Å². The highest BCUT2D eigenvalue weighted by Gasteiger charge is 2.50. The van der Waals surface area contributed by atoms with Gasteiger partial charge in [-0.2, -0.15) is 13.2 Å². The fraction of sp³-hybridized carbons (Fsp3) is 0.375. The van der Waals surface area contributed by atoms with E-state index in [1.54, 1.807) is 31.2 Å². The molecular formula is C24H24F3N3O4. The van der Waals surface area contributed by atoms with E-state index in [1.165, 1.54) is 17.0 Å². The van der Waals surface area contributed by atoms with E-state index in [0.29, 0.717) is 36.1 Å². The quantitative estimate of drug-likeness (QED) is 0.365. The smallest absolute Gasteiger partial charge is 0.437 e. The number of carbonyl (C=O) groups is 2. The molecule has 0 spiro atoms. The van der Waals surface area contributed by atoms with Crippen molar-refractivity contribution in [3.8, 4) is 5.75 Å². The number of imide groups is 1. The van der Waals surface area contributed by atoms with Crippen molar-refractivity contribution < 1.29 is 32.0 Å². The minimum atomic E-state index is -4.61. The Kier molecular flexibility index (Phi) is 6.24. The summed E-state index contributed by atoms with van der Waals surface area (Å²) in [6, 6.07) is 11.3. The van der Waals surface area contributed by atoms with E-state index in [9.17, 15) is 22.8 Å². The fourth-order valence-electron chi connectivity index (χ4n) is 4.26. The maximum Gasteiger partial charge on any atom is 0.437 e. The number of carbonyl (C=O) groups excluding carboxylic acids is 2. The van der Waals surface area contributed by atoms with E-state index in [1.807, 2.05) is 13.0 Å². The highest BCUT2D eigenvalue weighted by Crippen LogP contribution is 2.38. The Labute approximate surface area is 193 Å². The summed E-state index contributed by atoms with van der Waals surface area (Å²) in [5.41, 5.74) is -0.922. The number of nitrogens with zero attached hydrogens (tertiary/aromatic N) is 2. The number of halogens is 3. The van der Waals surface area contributed by atoms with Crippen LogP contribution in [-0.2, 0) is 22.9 Å². The van der Waals surface area contributed by atoms with Crippen molar-refractivity contribution >= 4 is 22.9 Å². The first-order valence-corrected chi connectivity index (χ1v) is 11.0. The van der Waals surface area contributed by atoms with E-state index in [4.69, 9.17) is 9.26 Å². The molecule has 1 saturated heterocycles. The van der Waals surface area contributed by atoms with Gasteiger partial charge in [-0.05, 0) is 37.5 Å². The third-order valence-corrected chi connectivity index (χ3v) is 6.04. The third kappa shape index (κ3) is 4.08. The second kappa shape index (κ2) is 9.00. The predicted molar refractivity (Wildman–Crippen MR) is 117 cm³/mol. The van der Waals surface area contributed by atoms with Crippen LogP contribution in [0.3, 0.4) is 0 Å². The summed E-state index contributed by atoms with van der Waals surface area (Å²) in [7, 11) is 0. The number of amides is 3. The van der Waals surface area contributed by atoms with Crippen LogP contribution >= 0.6 is 0 Å². The number of aryl methyl sites for hydroxylation is 1. The number of aromatic nitrogens is 1. The Morgan fingerprint density at radius 2 is 1.88 bits per heavy atom. The summed E-state index contributed by atoms with van der Waals surface area (Å²) in [6.45, 7) is 4.02. The second-order valence-corrected chi connectivity index (χ2v) is 8.25. The average Bonchev–Trinajstić information content (AvgIpc) is 3.33. The molecule has 1 aliphatic rings. The number of ether oxygens (including phenoxy) is 1. The van der Waals surface area contributed by atoms with Crippen LogP contribution in [0.15, 0.2) is 47.0 Å². The number of nitrogens with one attached hydrogen (secondary N) is 1. The largest absolute Gasteiger partial charge is 0.493 e. The molecule has 180 valence electrons. The molecule has 0 bridgehead atoms. The first-order chi connectivity index (χ1) is 16.2. The molecule has 34 heavy (non-hydrogen) atoms. The van der Waals surface area contributed by atoms with Crippen LogP contribution in [0.5, 0.6) is 5.75 Å². The lowest BCUT2D eigenvalue weighted by atomic mass is 9.90. The van der Waals surface area contributed by atoms with Gasteiger partial charge in [-0.1, -0.05) is 48.8 Å². The summed E-state index contributed by atoms with van der Waals surface area (Å²) in [5, 5.41) is 5.49. The first kappa shape index (κ1) is 23.6. The molecule has 1 unspecified atom stereocenters. The number of hydrogen-bond acceptors (Lipinski definition) is 5. The SMILES string of the molecule is CCCc1c(OCCCN2C(=O)NC(=O)C2(C)c2ccccc2)ccc2c(C(F)(F)F)noc12. The van der Waals surface area contributed by atoms with Crippen molar-refractivity contribution in [3.05, 3.63) is 59.3 Å². The number of rotatable bonds is 8. The van der Waals surface area contributed by atoms with E-state index in [0.717, 1.165) is 0 Å². The van der Waals surface area contributed by atoms with E-state index in [2.05, 4.69) is 10.5 Å². The van der Waals surface area contributed by atoms with Crippen molar-refractivity contribution in [2.24, 2.45) is 0 Å². The van der Waals surface area contributed by atoms with Gasteiger partial charge < -0.3 is 14.2 Å². The van der Waals surface area contributed by atoms with Crippen LogP contribution < -0.4 is 10.1 Å². The lowest BCUT2D eigenvalue weighted by Crippen LogP contribution is -2.45. The summed E-state index contributed by atoms with van der Waals surface area (Å²) in [5.74, 6) is 0.0121. The van der Waals surface area contributed by atoms with Crippen molar-refractivity contribution in [1.29, 1.82) is 0 Å². The lowest BCUT2D eigenvalue weighted by Gasteiger charge is -2.32. The number of hydrogen-bond donors (Lipinski definition) is 1. The molecule has 7 nitrogen and oxygen atoms in total. The highest BCUT2D eigenvalue weighted by atomic mass is 19.4. The molecule has 2 aromatic carbocycles. The minimum absolute atomic E-state index is 0.0628. The molecule has 3 amide bonds. The van der Waals surface area contributed by atoms with Gasteiger partial charge in [-0.15, -0.1) is 0 Å². The highest BCUT2D eigenvalue weighted by molar-refractivity contribution is 6.07. The van der Waals surface area contributed by atoms with Gasteiger partial charge in [0.2, 0.25) is 0 Å². The molecule has 1 N–H and O–H groups in total. The number of benzene rings is 2.